The van der Waals surface area contributed by atoms with Crippen molar-refractivity contribution in [1.82, 2.24) is 5.32 Å². The third kappa shape index (κ3) is 3.45. The number of ether oxygens (including phenoxy) is 1. The van der Waals surface area contributed by atoms with Crippen LogP contribution in [0, 0.1) is 5.92 Å². The second kappa shape index (κ2) is 5.23. The highest BCUT2D eigenvalue weighted by Crippen LogP contribution is 2.01. The summed E-state index contributed by atoms with van der Waals surface area (Å²) in [5.41, 5.74) is 0. The van der Waals surface area contributed by atoms with Crippen molar-refractivity contribution in [3.8, 4) is 0 Å². The Labute approximate surface area is 61.8 Å². The largest absolute Gasteiger partial charge is 0.469 e. The molecule has 0 saturated heterocycles. The molecule has 0 heterocycles. The van der Waals surface area contributed by atoms with Gasteiger partial charge in [-0.05, 0) is 20.0 Å². The number of esters is 1. The maximum Gasteiger partial charge on any atom is 0.308 e. The second-order valence-corrected chi connectivity index (χ2v) is 2.32. The number of hydrogen-bond acceptors (Lipinski definition) is 3. The average Bonchev–Trinajstić information content (AvgIpc) is 1.98. The van der Waals surface area contributed by atoms with Gasteiger partial charge in [-0.15, -0.1) is 0 Å². The molecule has 0 amide bonds. The maximum absolute atomic E-state index is 10.8. The van der Waals surface area contributed by atoms with Crippen LogP contribution < -0.4 is 5.32 Å². The topological polar surface area (TPSA) is 38.3 Å². The van der Waals surface area contributed by atoms with Gasteiger partial charge in [0.1, 0.15) is 0 Å². The van der Waals surface area contributed by atoms with E-state index in [0.717, 1.165) is 13.0 Å². The first-order chi connectivity index (χ1) is 4.72. The molecule has 1 unspecified atom stereocenters. The lowest BCUT2D eigenvalue weighted by atomic mass is 10.1. The summed E-state index contributed by atoms with van der Waals surface area (Å²) in [5, 5.41) is 2.97. The number of rotatable bonds is 4. The lowest BCUT2D eigenvalue weighted by Crippen LogP contribution is -2.18. The van der Waals surface area contributed by atoms with Gasteiger partial charge in [0.05, 0.1) is 13.0 Å². The van der Waals surface area contributed by atoms with Crippen molar-refractivity contribution in [1.29, 1.82) is 0 Å². The van der Waals surface area contributed by atoms with Crippen LogP contribution in [0.25, 0.3) is 0 Å². The minimum Gasteiger partial charge on any atom is -0.469 e. The average molecular weight is 145 g/mol. The van der Waals surface area contributed by atoms with Crippen molar-refractivity contribution in [3.63, 3.8) is 0 Å². The highest BCUT2D eigenvalue weighted by atomic mass is 16.5. The van der Waals surface area contributed by atoms with E-state index in [4.69, 9.17) is 0 Å². The Morgan fingerprint density at radius 3 is 2.70 bits per heavy atom. The molecule has 0 aromatic rings. The predicted octanol–water partition coefficient (Wildman–Crippen LogP) is 0.405. The predicted molar refractivity (Wildman–Crippen MR) is 39.7 cm³/mol. The van der Waals surface area contributed by atoms with Crippen LogP contribution in [-0.4, -0.2) is 26.7 Å². The van der Waals surface area contributed by atoms with Gasteiger partial charge in [0.25, 0.3) is 0 Å². The zero-order valence-corrected chi connectivity index (χ0v) is 6.81. The van der Waals surface area contributed by atoms with Crippen LogP contribution in [0.1, 0.15) is 13.3 Å². The molecule has 0 bridgehead atoms. The van der Waals surface area contributed by atoms with E-state index in [1.807, 2.05) is 14.0 Å². The van der Waals surface area contributed by atoms with Crippen LogP contribution in [0.2, 0.25) is 0 Å². The van der Waals surface area contributed by atoms with Crippen LogP contribution in [0.15, 0.2) is 0 Å². The van der Waals surface area contributed by atoms with Gasteiger partial charge in [0.2, 0.25) is 0 Å². The maximum atomic E-state index is 10.8. The summed E-state index contributed by atoms with van der Waals surface area (Å²) < 4.78 is 4.54. The smallest absolute Gasteiger partial charge is 0.308 e. The molecule has 0 saturated carbocycles. The lowest BCUT2D eigenvalue weighted by molar-refractivity contribution is -0.144. The van der Waals surface area contributed by atoms with E-state index in [1.165, 1.54) is 7.11 Å². The van der Waals surface area contributed by atoms with Gasteiger partial charge in [0.15, 0.2) is 0 Å². The van der Waals surface area contributed by atoms with E-state index in [1.54, 1.807) is 0 Å². The number of nitrogens with one attached hydrogen (secondary N) is 1. The highest BCUT2D eigenvalue weighted by molar-refractivity contribution is 5.71. The third-order valence-electron chi connectivity index (χ3n) is 1.43. The van der Waals surface area contributed by atoms with Gasteiger partial charge >= 0.3 is 5.97 Å². The molecule has 0 aliphatic heterocycles. The quantitative estimate of drug-likeness (QED) is 0.582. The summed E-state index contributed by atoms with van der Waals surface area (Å²) in [5.74, 6) is -0.118. The molecule has 10 heavy (non-hydrogen) atoms. The van der Waals surface area contributed by atoms with Crippen molar-refractivity contribution in [2.75, 3.05) is 20.7 Å². The number of methoxy groups -OCH3 is 1. The number of carbonyl (C=O) groups excluding carboxylic acids is 1. The van der Waals surface area contributed by atoms with Gasteiger partial charge in [-0.3, -0.25) is 4.79 Å². The summed E-state index contributed by atoms with van der Waals surface area (Å²) in [6, 6.07) is 0. The van der Waals surface area contributed by atoms with E-state index in [-0.39, 0.29) is 11.9 Å². The highest BCUT2D eigenvalue weighted by Gasteiger charge is 2.10. The first-order valence-corrected chi connectivity index (χ1v) is 3.44. The Hall–Kier alpha value is -0.570. The molecule has 3 heteroatoms. The molecule has 0 radical (unpaired) electrons. The molecular weight excluding hydrogens is 130 g/mol. The van der Waals surface area contributed by atoms with Crippen LogP contribution >= 0.6 is 0 Å². The first kappa shape index (κ1) is 9.43. The van der Waals surface area contributed by atoms with Crippen LogP contribution in [0.5, 0.6) is 0 Å². The van der Waals surface area contributed by atoms with E-state index in [2.05, 4.69) is 10.1 Å². The molecule has 0 aromatic carbocycles. The minimum absolute atomic E-state index is 0.0115. The fourth-order valence-electron chi connectivity index (χ4n) is 0.680. The van der Waals surface area contributed by atoms with Crippen molar-refractivity contribution in [3.05, 3.63) is 0 Å². The fourth-order valence-corrected chi connectivity index (χ4v) is 0.680. The standard InChI is InChI=1S/C7H15NO2/c1-6(4-5-8-2)7(9)10-3/h6,8H,4-5H2,1-3H3. The van der Waals surface area contributed by atoms with Gasteiger partial charge in [-0.2, -0.15) is 0 Å². The Morgan fingerprint density at radius 1 is 1.70 bits per heavy atom. The van der Waals surface area contributed by atoms with Gasteiger partial charge in [-0.25, -0.2) is 0 Å². The van der Waals surface area contributed by atoms with Gasteiger partial charge < -0.3 is 10.1 Å². The Balaban J connectivity index is 3.41. The summed E-state index contributed by atoms with van der Waals surface area (Å²) in [6.07, 6.45) is 0.836. The van der Waals surface area contributed by atoms with Crippen molar-refractivity contribution in [2.24, 2.45) is 5.92 Å². The fraction of sp³-hybridized carbons (Fsp3) is 0.857. The molecule has 0 aliphatic rings. The minimum atomic E-state index is -0.129. The first-order valence-electron chi connectivity index (χ1n) is 3.44. The molecule has 60 valence electrons. The van der Waals surface area contributed by atoms with Gasteiger partial charge in [0, 0.05) is 0 Å². The number of hydrogen-bond donors (Lipinski definition) is 1. The van der Waals surface area contributed by atoms with Crippen molar-refractivity contribution >= 4 is 5.97 Å². The summed E-state index contributed by atoms with van der Waals surface area (Å²) >= 11 is 0. The van der Waals surface area contributed by atoms with E-state index < -0.39 is 0 Å². The van der Waals surface area contributed by atoms with E-state index in [0.29, 0.717) is 0 Å². The molecule has 0 rings (SSSR count). The van der Waals surface area contributed by atoms with Crippen molar-refractivity contribution < 1.29 is 9.53 Å². The molecule has 1 N–H and O–H groups in total. The van der Waals surface area contributed by atoms with Crippen LogP contribution in [-0.2, 0) is 9.53 Å². The normalized spacial score (nSPS) is 12.7. The molecule has 0 spiro atoms. The lowest BCUT2D eigenvalue weighted by Gasteiger charge is -2.06. The molecule has 0 aliphatic carbocycles. The Kier molecular flexibility index (Phi) is 4.94. The molecular formula is C7H15NO2. The van der Waals surface area contributed by atoms with Crippen LogP contribution in [0.4, 0.5) is 0 Å². The van der Waals surface area contributed by atoms with Gasteiger partial charge in [-0.1, -0.05) is 6.92 Å². The molecule has 1 atom stereocenters. The summed E-state index contributed by atoms with van der Waals surface area (Å²) in [4.78, 5) is 10.8. The summed E-state index contributed by atoms with van der Waals surface area (Å²) in [6.45, 7) is 2.72. The van der Waals surface area contributed by atoms with E-state index in [9.17, 15) is 4.79 Å². The SMILES string of the molecule is CNCCC(C)C(=O)OC. The summed E-state index contributed by atoms with van der Waals surface area (Å²) in [7, 11) is 3.28. The van der Waals surface area contributed by atoms with Crippen LogP contribution in [0.3, 0.4) is 0 Å². The zero-order chi connectivity index (χ0) is 7.98. The second-order valence-electron chi connectivity index (χ2n) is 2.32. The molecule has 0 aromatic heterocycles. The zero-order valence-electron chi connectivity index (χ0n) is 6.81. The third-order valence-corrected chi connectivity index (χ3v) is 1.43. The Morgan fingerprint density at radius 2 is 2.30 bits per heavy atom. The molecule has 0 fully saturated rings. The monoisotopic (exact) mass is 145 g/mol. The Bertz CT molecular complexity index is 104. The number of carbonyl (C=O) groups is 1. The molecule has 3 nitrogen and oxygen atoms in total. The van der Waals surface area contributed by atoms with E-state index >= 15 is 0 Å². The van der Waals surface area contributed by atoms with Crippen molar-refractivity contribution in [2.45, 2.75) is 13.3 Å².